The molecule has 94 valence electrons. The molecule has 0 aliphatic rings. The molecule has 0 saturated carbocycles. The highest BCUT2D eigenvalue weighted by Gasteiger charge is 2.26. The average Bonchev–Trinajstić information content (AvgIpc) is 2.27. The molecular weight excluding hydrogens is 256 g/mol. The van der Waals surface area contributed by atoms with Gasteiger partial charge in [0.1, 0.15) is 0 Å². The molecule has 7 heteroatoms. The lowest BCUT2D eigenvalue weighted by molar-refractivity contribution is 0.0514. The third-order valence-corrected chi connectivity index (χ3v) is 2.22. The van der Waals surface area contributed by atoms with E-state index in [1.54, 1.807) is 6.92 Å². The number of carbonyl (C=O) groups excluding carboxylic acids is 1. The Bertz CT molecular complexity index is 426. The SMILES string of the molecule is CCOC(=O)c1ncc(Cl)c(C(F)F)c1OC. The summed E-state index contributed by atoms with van der Waals surface area (Å²) in [6, 6.07) is 0. The van der Waals surface area contributed by atoms with Crippen molar-refractivity contribution in [1.82, 2.24) is 4.98 Å². The van der Waals surface area contributed by atoms with Gasteiger partial charge in [-0.25, -0.2) is 18.6 Å². The third kappa shape index (κ3) is 2.82. The Hall–Kier alpha value is -1.43. The smallest absolute Gasteiger partial charge is 0.360 e. The zero-order valence-corrected chi connectivity index (χ0v) is 9.92. The predicted octanol–water partition coefficient (Wildman–Crippen LogP) is 2.86. The minimum absolute atomic E-state index is 0.107. The zero-order valence-electron chi connectivity index (χ0n) is 9.17. The Morgan fingerprint density at radius 3 is 2.71 bits per heavy atom. The lowest BCUT2D eigenvalue weighted by atomic mass is 10.2. The highest BCUT2D eigenvalue weighted by molar-refractivity contribution is 6.31. The van der Waals surface area contributed by atoms with E-state index < -0.39 is 18.0 Å². The van der Waals surface area contributed by atoms with Crippen LogP contribution in [0.3, 0.4) is 0 Å². The number of alkyl halides is 2. The number of esters is 1. The van der Waals surface area contributed by atoms with Gasteiger partial charge in [-0.2, -0.15) is 0 Å². The second-order valence-corrected chi connectivity index (χ2v) is 3.33. The van der Waals surface area contributed by atoms with Crippen LogP contribution in [0.5, 0.6) is 5.75 Å². The first-order valence-electron chi connectivity index (χ1n) is 4.70. The normalized spacial score (nSPS) is 10.5. The highest BCUT2D eigenvalue weighted by Crippen LogP contribution is 2.36. The summed E-state index contributed by atoms with van der Waals surface area (Å²) in [7, 11) is 1.15. The molecule has 0 amide bonds. The van der Waals surface area contributed by atoms with Crippen LogP contribution in [-0.2, 0) is 4.74 Å². The number of carbonyl (C=O) groups is 1. The Balaban J connectivity index is 3.32. The number of nitrogens with zero attached hydrogens (tertiary/aromatic N) is 1. The van der Waals surface area contributed by atoms with E-state index in [9.17, 15) is 13.6 Å². The van der Waals surface area contributed by atoms with Gasteiger partial charge in [0.25, 0.3) is 6.43 Å². The van der Waals surface area contributed by atoms with Gasteiger partial charge in [0.2, 0.25) is 0 Å². The molecule has 1 aromatic heterocycles. The summed E-state index contributed by atoms with van der Waals surface area (Å²) in [5.41, 5.74) is -0.874. The maximum atomic E-state index is 12.8. The van der Waals surface area contributed by atoms with Gasteiger partial charge in [-0.15, -0.1) is 0 Å². The van der Waals surface area contributed by atoms with Crippen LogP contribution < -0.4 is 4.74 Å². The fourth-order valence-corrected chi connectivity index (χ4v) is 1.46. The van der Waals surface area contributed by atoms with Crippen molar-refractivity contribution in [2.45, 2.75) is 13.3 Å². The van der Waals surface area contributed by atoms with Crippen molar-refractivity contribution in [2.24, 2.45) is 0 Å². The van der Waals surface area contributed by atoms with E-state index in [1.165, 1.54) is 0 Å². The molecule has 0 spiro atoms. The van der Waals surface area contributed by atoms with Crippen molar-refractivity contribution in [3.8, 4) is 5.75 Å². The lowest BCUT2D eigenvalue weighted by Gasteiger charge is -2.12. The van der Waals surface area contributed by atoms with E-state index >= 15 is 0 Å². The van der Waals surface area contributed by atoms with E-state index in [2.05, 4.69) is 9.72 Å². The molecule has 0 saturated heterocycles. The molecule has 0 unspecified atom stereocenters. The molecule has 0 aliphatic heterocycles. The van der Waals surface area contributed by atoms with Gasteiger partial charge in [0, 0.05) is 6.20 Å². The summed E-state index contributed by atoms with van der Waals surface area (Å²) in [6.45, 7) is 1.70. The number of methoxy groups -OCH3 is 1. The first-order chi connectivity index (χ1) is 8.02. The van der Waals surface area contributed by atoms with Crippen LogP contribution in [0.2, 0.25) is 5.02 Å². The molecular formula is C10H10ClF2NO3. The first-order valence-corrected chi connectivity index (χ1v) is 5.08. The standard InChI is InChI=1S/C10H10ClF2NO3/c1-3-17-10(15)7-8(16-2)6(9(12)13)5(11)4-14-7/h4,9H,3H2,1-2H3. The minimum Gasteiger partial charge on any atom is -0.494 e. The maximum Gasteiger partial charge on any atom is 0.360 e. The Kier molecular flexibility index (Phi) is 4.62. The summed E-state index contributed by atoms with van der Waals surface area (Å²) < 4.78 is 35.0. The van der Waals surface area contributed by atoms with Crippen molar-refractivity contribution in [3.05, 3.63) is 22.5 Å². The number of ether oxygens (including phenoxy) is 2. The van der Waals surface area contributed by atoms with Gasteiger partial charge in [0.05, 0.1) is 24.3 Å². The second-order valence-electron chi connectivity index (χ2n) is 2.92. The van der Waals surface area contributed by atoms with E-state index in [4.69, 9.17) is 16.3 Å². The van der Waals surface area contributed by atoms with Gasteiger partial charge >= 0.3 is 5.97 Å². The number of rotatable bonds is 4. The molecule has 0 N–H and O–H groups in total. The van der Waals surface area contributed by atoms with Crippen molar-refractivity contribution >= 4 is 17.6 Å². The molecule has 1 heterocycles. The van der Waals surface area contributed by atoms with E-state index in [0.717, 1.165) is 13.3 Å². The molecule has 1 aromatic rings. The number of hydrogen-bond donors (Lipinski definition) is 0. The first kappa shape index (κ1) is 13.6. The molecule has 0 fully saturated rings. The summed E-state index contributed by atoms with van der Waals surface area (Å²) in [5.74, 6) is -1.19. The molecule has 0 bridgehead atoms. The fourth-order valence-electron chi connectivity index (χ4n) is 1.24. The summed E-state index contributed by atoms with van der Waals surface area (Å²) in [4.78, 5) is 15.1. The quantitative estimate of drug-likeness (QED) is 0.786. The van der Waals surface area contributed by atoms with E-state index in [-0.39, 0.29) is 23.1 Å². The van der Waals surface area contributed by atoms with Crippen LogP contribution in [-0.4, -0.2) is 24.7 Å². The summed E-state index contributed by atoms with van der Waals surface area (Å²) >= 11 is 5.58. The van der Waals surface area contributed by atoms with Crippen molar-refractivity contribution in [1.29, 1.82) is 0 Å². The third-order valence-electron chi connectivity index (χ3n) is 1.92. The minimum atomic E-state index is -2.87. The second kappa shape index (κ2) is 5.77. The monoisotopic (exact) mass is 265 g/mol. The average molecular weight is 266 g/mol. The predicted molar refractivity (Wildman–Crippen MR) is 56.7 cm³/mol. The lowest BCUT2D eigenvalue weighted by Crippen LogP contribution is -2.11. The van der Waals surface area contributed by atoms with Crippen LogP contribution in [0.1, 0.15) is 29.4 Å². The summed E-state index contributed by atoms with van der Waals surface area (Å²) in [5, 5.41) is -0.259. The Morgan fingerprint density at radius 1 is 1.59 bits per heavy atom. The van der Waals surface area contributed by atoms with Gasteiger partial charge in [-0.05, 0) is 6.92 Å². The number of halogens is 3. The highest BCUT2D eigenvalue weighted by atomic mass is 35.5. The van der Waals surface area contributed by atoms with Crippen molar-refractivity contribution in [3.63, 3.8) is 0 Å². The van der Waals surface area contributed by atoms with Crippen LogP contribution in [0, 0.1) is 0 Å². The van der Waals surface area contributed by atoms with Crippen LogP contribution in [0.15, 0.2) is 6.20 Å². The van der Waals surface area contributed by atoms with Crippen LogP contribution >= 0.6 is 11.6 Å². The van der Waals surface area contributed by atoms with Crippen molar-refractivity contribution < 1.29 is 23.0 Å². The van der Waals surface area contributed by atoms with Gasteiger partial charge in [-0.1, -0.05) is 11.6 Å². The molecule has 0 aliphatic carbocycles. The van der Waals surface area contributed by atoms with Crippen LogP contribution in [0.4, 0.5) is 8.78 Å². The van der Waals surface area contributed by atoms with Crippen molar-refractivity contribution in [2.75, 3.05) is 13.7 Å². The molecule has 1 rings (SSSR count). The van der Waals surface area contributed by atoms with E-state index in [0.29, 0.717) is 0 Å². The topological polar surface area (TPSA) is 48.4 Å². The molecule has 17 heavy (non-hydrogen) atoms. The number of aromatic nitrogens is 1. The fraction of sp³-hybridized carbons (Fsp3) is 0.400. The number of hydrogen-bond acceptors (Lipinski definition) is 4. The van der Waals surface area contributed by atoms with Crippen LogP contribution in [0.25, 0.3) is 0 Å². The Morgan fingerprint density at radius 2 is 2.24 bits per heavy atom. The van der Waals surface area contributed by atoms with Gasteiger partial charge in [0.15, 0.2) is 11.4 Å². The zero-order chi connectivity index (χ0) is 13.0. The van der Waals surface area contributed by atoms with Gasteiger partial charge in [-0.3, -0.25) is 0 Å². The number of pyridine rings is 1. The molecule has 0 atom stereocenters. The van der Waals surface area contributed by atoms with Gasteiger partial charge < -0.3 is 9.47 Å². The maximum absolute atomic E-state index is 12.8. The molecule has 4 nitrogen and oxygen atoms in total. The Labute approximate surface area is 101 Å². The summed E-state index contributed by atoms with van der Waals surface area (Å²) in [6.07, 6.45) is -1.90. The molecule has 0 radical (unpaired) electrons. The molecule has 0 aromatic carbocycles. The largest absolute Gasteiger partial charge is 0.494 e. The van der Waals surface area contributed by atoms with E-state index in [1.807, 2.05) is 0 Å².